The standard InChI is InChI=1S/C19H20N8O5/c1-11(28)17(31)15(29)9-22-32-10-16(30)23-12-5-6-14(21-8-12)19-26-24-18(25-27-19)13-4-2-3-7-20-13/h2-9,11,15,17,28-29,31H,10H2,1H3,(H,23,30)/b22-9+. The highest BCUT2D eigenvalue weighted by Crippen LogP contribution is 2.15. The van der Waals surface area contributed by atoms with Gasteiger partial charge in [0.05, 0.1) is 24.2 Å². The maximum absolute atomic E-state index is 11.9. The number of carbonyl (C=O) groups is 1. The molecule has 32 heavy (non-hydrogen) atoms. The van der Waals surface area contributed by atoms with Crippen molar-refractivity contribution >= 4 is 17.8 Å². The molecule has 0 saturated heterocycles. The Morgan fingerprint density at radius 3 is 2.31 bits per heavy atom. The number of aliphatic hydroxyl groups is 3. The molecule has 13 nitrogen and oxygen atoms in total. The topological polar surface area (TPSA) is 189 Å². The third-order valence-corrected chi connectivity index (χ3v) is 3.98. The zero-order chi connectivity index (χ0) is 22.9. The molecular formula is C19H20N8O5. The van der Waals surface area contributed by atoms with Crippen molar-refractivity contribution in [2.75, 3.05) is 11.9 Å². The first kappa shape index (κ1) is 22.7. The van der Waals surface area contributed by atoms with Crippen molar-refractivity contribution in [3.8, 4) is 23.0 Å². The lowest BCUT2D eigenvalue weighted by molar-refractivity contribution is -0.120. The molecule has 1 amide bonds. The van der Waals surface area contributed by atoms with Crippen molar-refractivity contribution in [3.63, 3.8) is 0 Å². The van der Waals surface area contributed by atoms with Crippen LogP contribution in [0.3, 0.4) is 0 Å². The van der Waals surface area contributed by atoms with E-state index < -0.39 is 30.8 Å². The van der Waals surface area contributed by atoms with E-state index in [0.29, 0.717) is 17.1 Å². The second-order valence-electron chi connectivity index (χ2n) is 6.49. The molecule has 0 aliphatic carbocycles. The molecule has 3 aromatic heterocycles. The van der Waals surface area contributed by atoms with E-state index >= 15 is 0 Å². The van der Waals surface area contributed by atoms with Gasteiger partial charge in [-0.3, -0.25) is 14.8 Å². The third kappa shape index (κ3) is 6.28. The molecule has 0 spiro atoms. The number of aliphatic hydroxyl groups excluding tert-OH is 3. The molecule has 0 aliphatic rings. The van der Waals surface area contributed by atoms with Crippen LogP contribution in [-0.4, -0.2) is 82.7 Å². The van der Waals surface area contributed by atoms with Gasteiger partial charge in [-0.15, -0.1) is 20.4 Å². The van der Waals surface area contributed by atoms with E-state index in [1.54, 1.807) is 36.5 Å². The van der Waals surface area contributed by atoms with Crippen LogP contribution in [0.2, 0.25) is 0 Å². The summed E-state index contributed by atoms with van der Waals surface area (Å²) in [5.41, 5.74) is 1.34. The number of rotatable bonds is 9. The van der Waals surface area contributed by atoms with Gasteiger partial charge in [0.25, 0.3) is 5.91 Å². The van der Waals surface area contributed by atoms with Crippen LogP contribution >= 0.6 is 0 Å². The molecule has 166 valence electrons. The predicted molar refractivity (Wildman–Crippen MR) is 111 cm³/mol. The molecule has 3 heterocycles. The van der Waals surface area contributed by atoms with Gasteiger partial charge in [0.2, 0.25) is 11.6 Å². The van der Waals surface area contributed by atoms with Gasteiger partial charge in [-0.25, -0.2) is 0 Å². The zero-order valence-electron chi connectivity index (χ0n) is 16.8. The third-order valence-electron chi connectivity index (χ3n) is 3.98. The van der Waals surface area contributed by atoms with Crippen LogP contribution in [0.25, 0.3) is 23.0 Å². The smallest absolute Gasteiger partial charge is 0.265 e. The maximum Gasteiger partial charge on any atom is 0.265 e. The van der Waals surface area contributed by atoms with Gasteiger partial charge >= 0.3 is 0 Å². The molecule has 3 unspecified atom stereocenters. The molecule has 0 radical (unpaired) electrons. The number of hydrogen-bond acceptors (Lipinski definition) is 12. The summed E-state index contributed by atoms with van der Waals surface area (Å²) in [6.45, 7) is 0.868. The van der Waals surface area contributed by atoms with E-state index in [1.165, 1.54) is 13.1 Å². The van der Waals surface area contributed by atoms with Crippen molar-refractivity contribution in [1.82, 2.24) is 30.4 Å². The van der Waals surface area contributed by atoms with E-state index in [9.17, 15) is 15.0 Å². The molecule has 3 aromatic rings. The minimum absolute atomic E-state index is 0.207. The van der Waals surface area contributed by atoms with Crippen LogP contribution in [0, 0.1) is 0 Å². The molecular weight excluding hydrogens is 420 g/mol. The fourth-order valence-electron chi connectivity index (χ4n) is 2.30. The summed E-state index contributed by atoms with van der Waals surface area (Å²) in [6, 6.07) is 8.49. The minimum Gasteiger partial charge on any atom is -0.391 e. The quantitative estimate of drug-likeness (QED) is 0.246. The second-order valence-corrected chi connectivity index (χ2v) is 6.49. The average molecular weight is 440 g/mol. The highest BCUT2D eigenvalue weighted by molar-refractivity contribution is 5.91. The van der Waals surface area contributed by atoms with Crippen LogP contribution < -0.4 is 5.32 Å². The number of carbonyl (C=O) groups excluding carboxylic acids is 1. The van der Waals surface area contributed by atoms with E-state index in [1.807, 2.05) is 0 Å². The van der Waals surface area contributed by atoms with Gasteiger partial charge in [-0.05, 0) is 31.2 Å². The lowest BCUT2D eigenvalue weighted by Gasteiger charge is -2.15. The van der Waals surface area contributed by atoms with Crippen molar-refractivity contribution in [2.24, 2.45) is 5.16 Å². The summed E-state index contributed by atoms with van der Waals surface area (Å²) < 4.78 is 0. The molecule has 4 N–H and O–H groups in total. The van der Waals surface area contributed by atoms with Crippen LogP contribution in [-0.2, 0) is 9.63 Å². The number of aromatic nitrogens is 6. The fourth-order valence-corrected chi connectivity index (χ4v) is 2.30. The lowest BCUT2D eigenvalue weighted by atomic mass is 10.1. The van der Waals surface area contributed by atoms with Gasteiger partial charge in [-0.2, -0.15) is 0 Å². The van der Waals surface area contributed by atoms with Crippen LogP contribution in [0.4, 0.5) is 5.69 Å². The maximum atomic E-state index is 11.9. The SMILES string of the molecule is CC(O)C(O)C(O)/C=N/OCC(=O)Nc1ccc(-c2nnc(-c3ccccn3)nn2)nc1. The lowest BCUT2D eigenvalue weighted by Crippen LogP contribution is -2.36. The van der Waals surface area contributed by atoms with E-state index in [0.717, 1.165) is 6.21 Å². The Morgan fingerprint density at radius 1 is 1.06 bits per heavy atom. The van der Waals surface area contributed by atoms with Crippen LogP contribution in [0.15, 0.2) is 47.9 Å². The monoisotopic (exact) mass is 440 g/mol. The Bertz CT molecular complexity index is 1030. The van der Waals surface area contributed by atoms with E-state index in [4.69, 9.17) is 9.94 Å². The molecule has 3 rings (SSSR count). The molecule has 13 heteroatoms. The van der Waals surface area contributed by atoms with Gasteiger partial charge in [0.15, 0.2) is 6.61 Å². The van der Waals surface area contributed by atoms with Crippen molar-refractivity contribution in [3.05, 3.63) is 42.7 Å². The number of nitrogens with one attached hydrogen (secondary N) is 1. The summed E-state index contributed by atoms with van der Waals surface area (Å²) in [5.74, 6) is -0.0338. The number of pyridine rings is 2. The van der Waals surface area contributed by atoms with Gasteiger partial charge in [0, 0.05) is 6.20 Å². The zero-order valence-corrected chi connectivity index (χ0v) is 16.8. The highest BCUT2D eigenvalue weighted by Gasteiger charge is 2.19. The molecule has 0 aromatic carbocycles. The number of amides is 1. The normalized spacial score (nSPS) is 14.0. The first-order chi connectivity index (χ1) is 15.4. The Balaban J connectivity index is 1.51. The van der Waals surface area contributed by atoms with Crippen LogP contribution in [0.5, 0.6) is 0 Å². The Hall–Kier alpha value is -3.94. The molecule has 0 aliphatic heterocycles. The summed E-state index contributed by atoms with van der Waals surface area (Å²) in [5, 5.41) is 50.0. The van der Waals surface area contributed by atoms with Crippen molar-refractivity contribution in [1.29, 1.82) is 0 Å². The first-order valence-electron chi connectivity index (χ1n) is 9.39. The molecule has 0 bridgehead atoms. The number of oxime groups is 1. The van der Waals surface area contributed by atoms with Gasteiger partial charge < -0.3 is 25.5 Å². The largest absolute Gasteiger partial charge is 0.391 e. The number of hydrogen-bond donors (Lipinski definition) is 4. The summed E-state index contributed by atoms with van der Waals surface area (Å²) in [7, 11) is 0. The summed E-state index contributed by atoms with van der Waals surface area (Å²) in [4.78, 5) is 24.9. The Labute approximate surface area is 181 Å². The Kier molecular flexibility index (Phi) is 7.75. The fraction of sp³-hybridized carbons (Fsp3) is 0.263. The second kappa shape index (κ2) is 10.9. The van der Waals surface area contributed by atoms with Crippen LogP contribution in [0.1, 0.15) is 6.92 Å². The molecule has 3 atom stereocenters. The van der Waals surface area contributed by atoms with E-state index in [-0.39, 0.29) is 11.6 Å². The Morgan fingerprint density at radius 2 is 1.75 bits per heavy atom. The molecule has 0 fully saturated rings. The molecule has 0 saturated carbocycles. The number of anilines is 1. The first-order valence-corrected chi connectivity index (χ1v) is 9.39. The average Bonchev–Trinajstić information content (AvgIpc) is 2.82. The minimum atomic E-state index is -1.43. The summed E-state index contributed by atoms with van der Waals surface area (Å²) in [6.07, 6.45) is -0.104. The highest BCUT2D eigenvalue weighted by atomic mass is 16.6. The predicted octanol–water partition coefficient (Wildman–Crippen LogP) is -0.566. The van der Waals surface area contributed by atoms with Gasteiger partial charge in [-0.1, -0.05) is 11.2 Å². The summed E-state index contributed by atoms with van der Waals surface area (Å²) >= 11 is 0. The van der Waals surface area contributed by atoms with Crippen molar-refractivity contribution in [2.45, 2.75) is 25.2 Å². The van der Waals surface area contributed by atoms with Crippen molar-refractivity contribution < 1.29 is 25.0 Å². The van der Waals surface area contributed by atoms with Gasteiger partial charge in [0.1, 0.15) is 23.6 Å². The van der Waals surface area contributed by atoms with E-state index in [2.05, 4.69) is 40.8 Å². The number of nitrogens with zero attached hydrogens (tertiary/aromatic N) is 7.